The van der Waals surface area contributed by atoms with Gasteiger partial charge in [-0.25, -0.2) is 4.79 Å². The molecule has 0 N–H and O–H groups in total. The maximum absolute atomic E-state index is 12.4. The number of nitriles is 1. The molecule has 1 aliphatic rings. The van der Waals surface area contributed by atoms with Crippen molar-refractivity contribution in [2.75, 3.05) is 31.2 Å². The van der Waals surface area contributed by atoms with Gasteiger partial charge in [0.15, 0.2) is 0 Å². The Bertz CT molecular complexity index is 885. The number of carbonyl (C=O) groups is 1. The molecular formula is C18H15N3O5. The van der Waals surface area contributed by atoms with Gasteiger partial charge in [0.05, 0.1) is 29.3 Å². The van der Waals surface area contributed by atoms with Crippen LogP contribution in [0.4, 0.5) is 11.4 Å². The highest BCUT2D eigenvalue weighted by molar-refractivity contribution is 5.93. The summed E-state index contributed by atoms with van der Waals surface area (Å²) in [6.45, 7) is 2.07. The van der Waals surface area contributed by atoms with Gasteiger partial charge in [0.2, 0.25) is 0 Å². The van der Waals surface area contributed by atoms with Crippen molar-refractivity contribution in [1.82, 2.24) is 0 Å². The van der Waals surface area contributed by atoms with Crippen LogP contribution < -0.4 is 9.64 Å². The van der Waals surface area contributed by atoms with Gasteiger partial charge in [0.1, 0.15) is 17.5 Å². The first-order valence-corrected chi connectivity index (χ1v) is 7.92. The Morgan fingerprint density at radius 1 is 1.23 bits per heavy atom. The SMILES string of the molecule is N#Cc1ccccc1OC(=O)c1ccc(N2CCOCC2)c([N+](=O)[O-])c1. The summed E-state index contributed by atoms with van der Waals surface area (Å²) in [5.74, 6) is -0.649. The van der Waals surface area contributed by atoms with Crippen LogP contribution in [0.25, 0.3) is 0 Å². The van der Waals surface area contributed by atoms with E-state index in [4.69, 9.17) is 14.7 Å². The fourth-order valence-electron chi connectivity index (χ4n) is 2.68. The number of esters is 1. The van der Waals surface area contributed by atoms with E-state index in [-0.39, 0.29) is 22.6 Å². The fourth-order valence-corrected chi connectivity index (χ4v) is 2.68. The second kappa shape index (κ2) is 7.63. The highest BCUT2D eigenvalue weighted by atomic mass is 16.6. The summed E-state index contributed by atoms with van der Waals surface area (Å²) in [4.78, 5) is 25.1. The topological polar surface area (TPSA) is 106 Å². The molecule has 0 aromatic heterocycles. The normalized spacial score (nSPS) is 13.7. The average Bonchev–Trinajstić information content (AvgIpc) is 2.68. The molecule has 1 heterocycles. The molecule has 0 saturated carbocycles. The maximum Gasteiger partial charge on any atom is 0.343 e. The average molecular weight is 353 g/mol. The highest BCUT2D eigenvalue weighted by Crippen LogP contribution is 2.30. The third kappa shape index (κ3) is 3.63. The molecular weight excluding hydrogens is 338 g/mol. The lowest BCUT2D eigenvalue weighted by atomic mass is 10.1. The first-order chi connectivity index (χ1) is 12.6. The fraction of sp³-hybridized carbons (Fsp3) is 0.222. The van der Waals surface area contributed by atoms with Crippen LogP contribution in [0.3, 0.4) is 0 Å². The molecule has 1 aliphatic heterocycles. The lowest BCUT2D eigenvalue weighted by Crippen LogP contribution is -2.36. The molecule has 0 unspecified atom stereocenters. The van der Waals surface area contributed by atoms with E-state index < -0.39 is 10.9 Å². The molecule has 8 nitrogen and oxygen atoms in total. The second-order valence-corrected chi connectivity index (χ2v) is 5.56. The number of hydrogen-bond donors (Lipinski definition) is 0. The monoisotopic (exact) mass is 353 g/mol. The van der Waals surface area contributed by atoms with E-state index in [1.165, 1.54) is 30.3 Å². The van der Waals surface area contributed by atoms with E-state index in [1.54, 1.807) is 12.1 Å². The number of nitro benzene ring substituents is 1. The largest absolute Gasteiger partial charge is 0.422 e. The van der Waals surface area contributed by atoms with Crippen LogP contribution in [0.1, 0.15) is 15.9 Å². The lowest BCUT2D eigenvalue weighted by molar-refractivity contribution is -0.384. The summed E-state index contributed by atoms with van der Waals surface area (Å²) in [5.41, 5.74) is 0.518. The predicted octanol–water partition coefficient (Wildman–Crippen LogP) is 2.52. The molecule has 0 aliphatic carbocycles. The zero-order chi connectivity index (χ0) is 18.5. The van der Waals surface area contributed by atoms with Crippen molar-refractivity contribution in [3.05, 3.63) is 63.7 Å². The van der Waals surface area contributed by atoms with Gasteiger partial charge in [-0.1, -0.05) is 12.1 Å². The maximum atomic E-state index is 12.4. The van der Waals surface area contributed by atoms with Crippen molar-refractivity contribution in [3.8, 4) is 11.8 Å². The summed E-state index contributed by atoms with van der Waals surface area (Å²) in [7, 11) is 0. The van der Waals surface area contributed by atoms with E-state index in [1.807, 2.05) is 11.0 Å². The standard InChI is InChI=1S/C18H15N3O5/c19-12-14-3-1-2-4-17(14)26-18(22)13-5-6-15(16(11-13)21(23)24)20-7-9-25-10-8-20/h1-6,11H,7-10H2. The first-order valence-electron chi connectivity index (χ1n) is 7.92. The van der Waals surface area contributed by atoms with Gasteiger partial charge in [-0.3, -0.25) is 10.1 Å². The number of ether oxygens (including phenoxy) is 2. The van der Waals surface area contributed by atoms with E-state index in [0.29, 0.717) is 32.0 Å². The van der Waals surface area contributed by atoms with Gasteiger partial charge in [-0.15, -0.1) is 0 Å². The van der Waals surface area contributed by atoms with Crippen molar-refractivity contribution in [2.45, 2.75) is 0 Å². The van der Waals surface area contributed by atoms with Crippen LogP contribution in [0.2, 0.25) is 0 Å². The quantitative estimate of drug-likeness (QED) is 0.360. The summed E-state index contributed by atoms with van der Waals surface area (Å²) >= 11 is 0. The molecule has 0 radical (unpaired) electrons. The van der Waals surface area contributed by atoms with Crippen molar-refractivity contribution in [3.63, 3.8) is 0 Å². The highest BCUT2D eigenvalue weighted by Gasteiger charge is 2.24. The number of para-hydroxylation sites is 1. The van der Waals surface area contributed by atoms with Crippen LogP contribution in [0, 0.1) is 21.4 Å². The molecule has 26 heavy (non-hydrogen) atoms. The third-order valence-electron chi connectivity index (χ3n) is 3.97. The smallest absolute Gasteiger partial charge is 0.343 e. The van der Waals surface area contributed by atoms with Crippen LogP contribution >= 0.6 is 0 Å². The number of nitro groups is 1. The molecule has 132 valence electrons. The van der Waals surface area contributed by atoms with Crippen LogP contribution in [0.5, 0.6) is 5.75 Å². The molecule has 1 fully saturated rings. The number of nitrogens with zero attached hydrogens (tertiary/aromatic N) is 3. The third-order valence-corrected chi connectivity index (χ3v) is 3.97. The van der Waals surface area contributed by atoms with Crippen LogP contribution in [-0.4, -0.2) is 37.2 Å². The summed E-state index contributed by atoms with van der Waals surface area (Å²) < 4.78 is 10.5. The molecule has 0 bridgehead atoms. The summed E-state index contributed by atoms with van der Waals surface area (Å²) in [6, 6.07) is 12.4. The molecule has 2 aromatic rings. The van der Waals surface area contributed by atoms with Gasteiger partial charge < -0.3 is 14.4 Å². The first kappa shape index (κ1) is 17.4. The van der Waals surface area contributed by atoms with Crippen LogP contribution in [0.15, 0.2) is 42.5 Å². The predicted molar refractivity (Wildman–Crippen MR) is 92.2 cm³/mol. The van der Waals surface area contributed by atoms with Crippen LogP contribution in [-0.2, 0) is 4.74 Å². The molecule has 1 saturated heterocycles. The van der Waals surface area contributed by atoms with Gasteiger partial charge >= 0.3 is 5.97 Å². The number of hydrogen-bond acceptors (Lipinski definition) is 7. The molecule has 0 spiro atoms. The minimum atomic E-state index is -0.760. The minimum absolute atomic E-state index is 0.0430. The minimum Gasteiger partial charge on any atom is -0.422 e. The van der Waals surface area contributed by atoms with E-state index in [0.717, 1.165) is 0 Å². The van der Waals surface area contributed by atoms with Crippen molar-refractivity contribution in [2.24, 2.45) is 0 Å². The Morgan fingerprint density at radius 3 is 2.65 bits per heavy atom. The Morgan fingerprint density at radius 2 is 1.96 bits per heavy atom. The van der Waals surface area contributed by atoms with E-state index in [2.05, 4.69) is 0 Å². The van der Waals surface area contributed by atoms with E-state index in [9.17, 15) is 14.9 Å². The molecule has 2 aromatic carbocycles. The van der Waals surface area contributed by atoms with Crippen molar-refractivity contribution in [1.29, 1.82) is 5.26 Å². The zero-order valence-electron chi connectivity index (χ0n) is 13.8. The lowest BCUT2D eigenvalue weighted by Gasteiger charge is -2.28. The Balaban J connectivity index is 1.88. The van der Waals surface area contributed by atoms with Gasteiger partial charge in [0, 0.05) is 19.2 Å². The van der Waals surface area contributed by atoms with E-state index >= 15 is 0 Å². The Labute approximate surface area is 149 Å². The van der Waals surface area contributed by atoms with Gasteiger partial charge in [-0.05, 0) is 24.3 Å². The summed E-state index contributed by atoms with van der Waals surface area (Å²) in [6.07, 6.45) is 0. The van der Waals surface area contributed by atoms with Gasteiger partial charge in [-0.2, -0.15) is 5.26 Å². The summed E-state index contributed by atoms with van der Waals surface area (Å²) in [5, 5.41) is 20.5. The van der Waals surface area contributed by atoms with Crippen molar-refractivity contribution >= 4 is 17.3 Å². The molecule has 0 atom stereocenters. The Hall–Kier alpha value is -3.44. The molecule has 3 rings (SSSR count). The Kier molecular flexibility index (Phi) is 5.10. The number of carbonyl (C=O) groups excluding carboxylic acids is 1. The number of morpholine rings is 1. The number of benzene rings is 2. The number of rotatable bonds is 4. The molecule has 8 heteroatoms. The molecule has 0 amide bonds. The second-order valence-electron chi connectivity index (χ2n) is 5.56. The number of anilines is 1. The van der Waals surface area contributed by atoms with Gasteiger partial charge in [0.25, 0.3) is 5.69 Å². The zero-order valence-corrected chi connectivity index (χ0v) is 13.8. The van der Waals surface area contributed by atoms with Crippen molar-refractivity contribution < 1.29 is 19.2 Å².